The predicted molar refractivity (Wildman–Crippen MR) is 91.1 cm³/mol. The fourth-order valence-corrected chi connectivity index (χ4v) is 4.94. The van der Waals surface area contributed by atoms with Gasteiger partial charge >= 0.3 is 0 Å². The quantitative estimate of drug-likeness (QED) is 0.539. The Bertz CT molecular complexity index is 788. The van der Waals surface area contributed by atoms with Crippen LogP contribution in [-0.2, 0) is 0 Å². The van der Waals surface area contributed by atoms with Crippen molar-refractivity contribution in [3.63, 3.8) is 0 Å². The van der Waals surface area contributed by atoms with Crippen LogP contribution < -0.4 is 0 Å². The van der Waals surface area contributed by atoms with Crippen molar-refractivity contribution in [2.24, 2.45) is 0 Å². The van der Waals surface area contributed by atoms with Gasteiger partial charge < -0.3 is 0 Å². The van der Waals surface area contributed by atoms with Crippen LogP contribution in [0.3, 0.4) is 0 Å². The van der Waals surface area contributed by atoms with E-state index in [0.717, 1.165) is 25.0 Å². The van der Waals surface area contributed by atoms with Crippen LogP contribution >= 0.6 is 43.6 Å². The van der Waals surface area contributed by atoms with Gasteiger partial charge in [0.2, 0.25) is 0 Å². The number of benzene rings is 2. The normalized spacial score (nSPS) is 13.3. The highest BCUT2D eigenvalue weighted by Crippen LogP contribution is 2.49. The minimum Gasteiger partial charge on any atom is -0.192 e. The van der Waals surface area contributed by atoms with Crippen LogP contribution in [0.4, 0.5) is 0 Å². The van der Waals surface area contributed by atoms with Crippen LogP contribution in [0.25, 0.3) is 8.96 Å². The number of hydrogen-bond acceptors (Lipinski definition) is 2. The van der Waals surface area contributed by atoms with Crippen molar-refractivity contribution < 1.29 is 0 Å². The molecule has 2 aromatic rings. The van der Waals surface area contributed by atoms with E-state index in [1.165, 1.54) is 10.5 Å². The molecule has 0 saturated heterocycles. The maximum absolute atomic E-state index is 9.22. The summed E-state index contributed by atoms with van der Waals surface area (Å²) in [5, 5.41) is 9.22. The first-order valence-electron chi connectivity index (χ1n) is 6.00. The molecule has 3 rings (SSSR count). The van der Waals surface area contributed by atoms with Crippen molar-refractivity contribution in [1.29, 1.82) is 5.26 Å². The van der Waals surface area contributed by atoms with E-state index in [9.17, 15) is 5.26 Å². The largest absolute Gasteiger partial charge is 0.192 e. The Hall–Kier alpha value is -1.02. The second-order valence-corrected chi connectivity index (χ2v) is 7.12. The molecule has 4 heteroatoms. The van der Waals surface area contributed by atoms with Gasteiger partial charge in [0, 0.05) is 29.9 Å². The molecule has 0 spiro atoms. The van der Waals surface area contributed by atoms with E-state index >= 15 is 0 Å². The fourth-order valence-electron chi connectivity index (χ4n) is 2.25. The van der Waals surface area contributed by atoms with E-state index in [2.05, 4.69) is 50.1 Å². The minimum atomic E-state index is 0.715. The summed E-state index contributed by atoms with van der Waals surface area (Å²) in [5.74, 6) is 0. The standard InChI is InChI=1S/C16H9Br2NS/c1-9-10(8-19)6-7-13-14(9)16(18)15(17)11-4-2-3-5-12(11)20-13/h2-7H,1H3. The van der Waals surface area contributed by atoms with Crippen molar-refractivity contribution >= 4 is 52.6 Å². The van der Waals surface area contributed by atoms with Gasteiger partial charge in [0.15, 0.2) is 0 Å². The molecule has 0 aliphatic carbocycles. The van der Waals surface area contributed by atoms with E-state index in [1.54, 1.807) is 11.8 Å². The first kappa shape index (κ1) is 13.9. The van der Waals surface area contributed by atoms with E-state index in [1.807, 2.05) is 31.2 Å². The van der Waals surface area contributed by atoms with Crippen molar-refractivity contribution in [1.82, 2.24) is 0 Å². The van der Waals surface area contributed by atoms with Crippen LogP contribution in [0.2, 0.25) is 0 Å². The fraction of sp³-hybridized carbons (Fsp3) is 0.0625. The smallest absolute Gasteiger partial charge is 0.0994 e. The molecule has 0 bridgehead atoms. The first-order chi connectivity index (χ1) is 9.63. The molecule has 1 aliphatic heterocycles. The molecule has 2 aromatic carbocycles. The van der Waals surface area contributed by atoms with Crippen molar-refractivity contribution in [3.8, 4) is 6.07 Å². The van der Waals surface area contributed by atoms with Gasteiger partial charge in [0.05, 0.1) is 11.6 Å². The Labute approximate surface area is 139 Å². The Morgan fingerprint density at radius 3 is 2.50 bits per heavy atom. The Morgan fingerprint density at radius 1 is 1.00 bits per heavy atom. The van der Waals surface area contributed by atoms with Gasteiger partial charge in [-0.05, 0) is 62.5 Å². The second kappa shape index (κ2) is 5.40. The van der Waals surface area contributed by atoms with Gasteiger partial charge in [-0.15, -0.1) is 0 Å². The number of fused-ring (bicyclic) bond motifs is 2. The van der Waals surface area contributed by atoms with E-state index in [-0.39, 0.29) is 0 Å². The summed E-state index contributed by atoms with van der Waals surface area (Å²) in [5.41, 5.74) is 3.98. The lowest BCUT2D eigenvalue weighted by Gasteiger charge is -2.11. The maximum atomic E-state index is 9.22. The molecular formula is C16H9Br2NS. The lowest BCUT2D eigenvalue weighted by Crippen LogP contribution is -1.92. The number of nitriles is 1. The molecule has 1 aliphatic rings. The van der Waals surface area contributed by atoms with E-state index < -0.39 is 0 Å². The summed E-state index contributed by atoms with van der Waals surface area (Å²) < 4.78 is 2.03. The molecular weight excluding hydrogens is 398 g/mol. The Balaban J connectivity index is 2.36. The van der Waals surface area contributed by atoms with Crippen LogP contribution in [0.15, 0.2) is 46.2 Å². The zero-order chi connectivity index (χ0) is 14.3. The molecule has 0 N–H and O–H groups in total. The molecule has 0 unspecified atom stereocenters. The summed E-state index contributed by atoms with van der Waals surface area (Å²) in [6.07, 6.45) is 0. The van der Waals surface area contributed by atoms with Gasteiger partial charge in [-0.3, -0.25) is 0 Å². The number of nitrogens with zero attached hydrogens (tertiary/aromatic N) is 1. The summed E-state index contributed by atoms with van der Waals surface area (Å²) in [7, 11) is 0. The van der Waals surface area contributed by atoms with Crippen LogP contribution in [0, 0.1) is 18.3 Å². The summed E-state index contributed by atoms with van der Waals surface area (Å²) in [4.78, 5) is 2.37. The summed E-state index contributed by atoms with van der Waals surface area (Å²) >= 11 is 9.12. The average molecular weight is 407 g/mol. The van der Waals surface area contributed by atoms with Gasteiger partial charge in [0.25, 0.3) is 0 Å². The third kappa shape index (κ3) is 2.14. The number of hydrogen-bond donors (Lipinski definition) is 0. The minimum absolute atomic E-state index is 0.715. The lowest BCUT2D eigenvalue weighted by molar-refractivity contribution is 1.29. The zero-order valence-corrected chi connectivity index (χ0v) is 14.6. The molecule has 1 nitrogen and oxygen atoms in total. The highest BCUT2D eigenvalue weighted by atomic mass is 79.9. The molecule has 0 saturated carbocycles. The van der Waals surface area contributed by atoms with Crippen molar-refractivity contribution in [2.45, 2.75) is 16.7 Å². The predicted octanol–water partition coefficient (Wildman–Crippen LogP) is 5.95. The van der Waals surface area contributed by atoms with Gasteiger partial charge in [-0.2, -0.15) is 5.26 Å². The first-order valence-corrected chi connectivity index (χ1v) is 8.40. The highest BCUT2D eigenvalue weighted by Gasteiger charge is 2.22. The lowest BCUT2D eigenvalue weighted by atomic mass is 10.0. The zero-order valence-electron chi connectivity index (χ0n) is 10.6. The van der Waals surface area contributed by atoms with E-state index in [0.29, 0.717) is 5.56 Å². The number of halogens is 2. The number of rotatable bonds is 0. The maximum Gasteiger partial charge on any atom is 0.0994 e. The van der Waals surface area contributed by atoms with Gasteiger partial charge in [0.1, 0.15) is 0 Å². The molecule has 1 heterocycles. The van der Waals surface area contributed by atoms with Gasteiger partial charge in [-0.25, -0.2) is 0 Å². The molecule has 0 fully saturated rings. The second-order valence-electron chi connectivity index (χ2n) is 4.45. The third-order valence-corrected chi connectivity index (χ3v) is 6.59. The third-order valence-electron chi connectivity index (χ3n) is 3.30. The van der Waals surface area contributed by atoms with Crippen LogP contribution in [0.1, 0.15) is 22.3 Å². The average Bonchev–Trinajstić information content (AvgIpc) is 2.56. The SMILES string of the molecule is Cc1c(C#N)ccc2c1C(Br)=C(Br)c1ccccc1S2. The molecule has 0 atom stereocenters. The topological polar surface area (TPSA) is 23.8 Å². The van der Waals surface area contributed by atoms with Crippen molar-refractivity contribution in [3.05, 3.63) is 58.7 Å². The Kier molecular flexibility index (Phi) is 3.76. The molecule has 0 amide bonds. The highest BCUT2D eigenvalue weighted by molar-refractivity contribution is 9.18. The van der Waals surface area contributed by atoms with Gasteiger partial charge in [-0.1, -0.05) is 30.0 Å². The molecule has 98 valence electrons. The van der Waals surface area contributed by atoms with Crippen molar-refractivity contribution in [2.75, 3.05) is 0 Å². The molecule has 0 radical (unpaired) electrons. The monoisotopic (exact) mass is 405 g/mol. The molecule has 20 heavy (non-hydrogen) atoms. The Morgan fingerprint density at radius 2 is 1.75 bits per heavy atom. The van der Waals surface area contributed by atoms with Crippen LogP contribution in [0.5, 0.6) is 0 Å². The summed E-state index contributed by atoms with van der Waals surface area (Å²) in [6.45, 7) is 2.00. The van der Waals surface area contributed by atoms with Crippen LogP contribution in [-0.4, -0.2) is 0 Å². The summed E-state index contributed by atoms with van der Waals surface area (Å²) in [6, 6.07) is 14.5. The molecule has 0 aromatic heterocycles. The van der Waals surface area contributed by atoms with E-state index in [4.69, 9.17) is 0 Å².